The average Bonchev–Trinajstić information content (AvgIpc) is 3.44. The summed E-state index contributed by atoms with van der Waals surface area (Å²) in [5.74, 6) is -1.50. The van der Waals surface area contributed by atoms with Crippen molar-refractivity contribution < 1.29 is 45.7 Å². The highest BCUT2D eigenvalue weighted by molar-refractivity contribution is 6.31. The molecule has 0 spiro atoms. The first kappa shape index (κ1) is 30.4. The number of carboxylic acids is 1. The van der Waals surface area contributed by atoms with E-state index >= 15 is 0 Å². The second-order valence-corrected chi connectivity index (χ2v) is 9.50. The molecule has 15 heteroatoms. The lowest BCUT2D eigenvalue weighted by Crippen LogP contribution is -2.18. The summed E-state index contributed by atoms with van der Waals surface area (Å²) in [5, 5.41) is 13.1. The predicted octanol–water partition coefficient (Wildman–Crippen LogP) is 8.09. The molecule has 0 radical (unpaired) electrons. The molecule has 44 heavy (non-hydrogen) atoms. The van der Waals surface area contributed by atoms with Gasteiger partial charge in [0.1, 0.15) is 23.7 Å². The van der Waals surface area contributed by atoms with E-state index in [1.807, 2.05) is 0 Å². The van der Waals surface area contributed by atoms with Crippen LogP contribution in [0.1, 0.15) is 27.2 Å². The Labute approximate surface area is 249 Å². The fourth-order valence-electron chi connectivity index (χ4n) is 4.01. The van der Waals surface area contributed by atoms with Crippen molar-refractivity contribution in [3.63, 3.8) is 0 Å². The Morgan fingerprint density at radius 3 is 2.30 bits per heavy atom. The SMILES string of the molecule is O=C(O)c1cnn(-c2cccc(-c3cc(Cl)ccc3OCc3ccc(Oc4ccc(C(F)(F)F)cn4)cc3)n2)c1C(F)(F)F. The van der Waals surface area contributed by atoms with E-state index in [1.54, 1.807) is 36.4 Å². The van der Waals surface area contributed by atoms with Crippen LogP contribution in [0.5, 0.6) is 17.4 Å². The lowest BCUT2D eigenvalue weighted by atomic mass is 10.1. The number of aromatic nitrogens is 4. The van der Waals surface area contributed by atoms with E-state index in [9.17, 15) is 36.2 Å². The van der Waals surface area contributed by atoms with Crippen LogP contribution in [0.25, 0.3) is 17.1 Å². The Morgan fingerprint density at radius 1 is 0.909 bits per heavy atom. The Morgan fingerprint density at radius 2 is 1.66 bits per heavy atom. The van der Waals surface area contributed by atoms with Crippen LogP contribution in [0, 0.1) is 0 Å². The molecule has 1 N–H and O–H groups in total. The van der Waals surface area contributed by atoms with Crippen LogP contribution in [0.3, 0.4) is 0 Å². The number of carbonyl (C=O) groups is 1. The van der Waals surface area contributed by atoms with Gasteiger partial charge >= 0.3 is 18.3 Å². The highest BCUT2D eigenvalue weighted by Gasteiger charge is 2.41. The van der Waals surface area contributed by atoms with Crippen molar-refractivity contribution in [2.24, 2.45) is 0 Å². The molecule has 5 aromatic rings. The summed E-state index contributed by atoms with van der Waals surface area (Å²) in [6.45, 7) is 0.0342. The molecule has 5 rings (SSSR count). The van der Waals surface area contributed by atoms with E-state index in [0.717, 1.165) is 12.1 Å². The number of rotatable bonds is 8. The van der Waals surface area contributed by atoms with Gasteiger partial charge in [-0.1, -0.05) is 29.8 Å². The third-order valence-corrected chi connectivity index (χ3v) is 6.28. The third-order valence-electron chi connectivity index (χ3n) is 6.04. The summed E-state index contributed by atoms with van der Waals surface area (Å²) in [4.78, 5) is 19.3. The van der Waals surface area contributed by atoms with E-state index in [1.165, 1.54) is 24.3 Å². The van der Waals surface area contributed by atoms with Gasteiger partial charge in [-0.2, -0.15) is 31.4 Å². The quantitative estimate of drug-likeness (QED) is 0.172. The summed E-state index contributed by atoms with van der Waals surface area (Å²) < 4.78 is 91.3. The van der Waals surface area contributed by atoms with Crippen LogP contribution in [0.4, 0.5) is 26.3 Å². The number of halogens is 7. The van der Waals surface area contributed by atoms with E-state index in [2.05, 4.69) is 15.1 Å². The molecule has 0 aliphatic carbocycles. The zero-order valence-corrected chi connectivity index (χ0v) is 22.7. The van der Waals surface area contributed by atoms with Crippen molar-refractivity contribution in [3.05, 3.63) is 113 Å². The van der Waals surface area contributed by atoms with Gasteiger partial charge in [-0.3, -0.25) is 0 Å². The molecule has 226 valence electrons. The van der Waals surface area contributed by atoms with Crippen LogP contribution in [0.2, 0.25) is 5.02 Å². The van der Waals surface area contributed by atoms with Gasteiger partial charge in [-0.05, 0) is 54.1 Å². The largest absolute Gasteiger partial charge is 0.488 e. The molecular weight excluding hydrogens is 618 g/mol. The normalized spacial score (nSPS) is 11.8. The van der Waals surface area contributed by atoms with Crippen LogP contribution in [-0.2, 0) is 19.0 Å². The number of alkyl halides is 6. The predicted molar refractivity (Wildman–Crippen MR) is 144 cm³/mol. The molecule has 0 aliphatic rings. The first-order valence-electron chi connectivity index (χ1n) is 12.4. The van der Waals surface area contributed by atoms with Crippen molar-refractivity contribution in [1.29, 1.82) is 0 Å². The number of hydrogen-bond acceptors (Lipinski definition) is 6. The number of carboxylic acid groups (broad SMARTS) is 1. The topological polar surface area (TPSA) is 99.4 Å². The molecule has 0 saturated carbocycles. The molecular formula is C29H17ClF6N4O4. The first-order chi connectivity index (χ1) is 20.8. The maximum atomic E-state index is 13.7. The molecule has 0 fully saturated rings. The van der Waals surface area contributed by atoms with Crippen LogP contribution < -0.4 is 9.47 Å². The van der Waals surface area contributed by atoms with Crippen molar-refractivity contribution in [2.75, 3.05) is 0 Å². The fraction of sp³-hybridized carbons (Fsp3) is 0.103. The molecule has 0 unspecified atom stereocenters. The van der Waals surface area contributed by atoms with Gasteiger partial charge in [-0.15, -0.1) is 0 Å². The number of nitrogens with zero attached hydrogens (tertiary/aromatic N) is 4. The Balaban J connectivity index is 1.35. The third kappa shape index (κ3) is 6.75. The van der Waals surface area contributed by atoms with E-state index in [4.69, 9.17) is 21.1 Å². The van der Waals surface area contributed by atoms with Crippen LogP contribution in [-0.4, -0.2) is 30.8 Å². The maximum Gasteiger partial charge on any atom is 0.434 e. The highest BCUT2D eigenvalue weighted by Crippen LogP contribution is 2.36. The standard InChI is InChI=1S/C29H17ClF6N4O4/c30-18-7-10-23(43-15-16-4-8-19(9-5-16)44-25-11-6-17(13-37-25)28(31,32)33)20(12-18)22-2-1-3-24(39-22)40-26(29(34,35)36)21(14-38-40)27(41)42/h1-14H,15H2,(H,41,42). The summed E-state index contributed by atoms with van der Waals surface area (Å²) >= 11 is 6.19. The first-order valence-corrected chi connectivity index (χ1v) is 12.8. The Hall–Kier alpha value is -5.11. The lowest BCUT2D eigenvalue weighted by molar-refractivity contribution is -0.143. The van der Waals surface area contributed by atoms with E-state index in [-0.39, 0.29) is 29.7 Å². The molecule has 0 bridgehead atoms. The molecule has 0 aliphatic heterocycles. The molecule has 0 atom stereocenters. The van der Waals surface area contributed by atoms with Gasteiger partial charge in [0.05, 0.1) is 17.5 Å². The molecule has 8 nitrogen and oxygen atoms in total. The molecule has 0 saturated heterocycles. The summed E-state index contributed by atoms with van der Waals surface area (Å²) in [7, 11) is 0. The van der Waals surface area contributed by atoms with Gasteiger partial charge in [0.2, 0.25) is 5.88 Å². The molecule has 0 amide bonds. The van der Waals surface area contributed by atoms with Crippen molar-refractivity contribution in [2.45, 2.75) is 19.0 Å². The van der Waals surface area contributed by atoms with Crippen molar-refractivity contribution in [3.8, 4) is 34.5 Å². The second-order valence-electron chi connectivity index (χ2n) is 9.06. The lowest BCUT2D eigenvalue weighted by Gasteiger charge is -2.14. The number of hydrogen-bond donors (Lipinski definition) is 1. The molecule has 3 heterocycles. The molecule has 2 aromatic carbocycles. The van der Waals surface area contributed by atoms with Gasteiger partial charge in [0, 0.05) is 22.8 Å². The zero-order chi connectivity index (χ0) is 31.6. The minimum Gasteiger partial charge on any atom is -0.488 e. The monoisotopic (exact) mass is 634 g/mol. The zero-order valence-electron chi connectivity index (χ0n) is 21.9. The number of pyridine rings is 2. The van der Waals surface area contributed by atoms with Gasteiger partial charge in [0.25, 0.3) is 0 Å². The number of benzene rings is 2. The van der Waals surface area contributed by atoms with Gasteiger partial charge in [-0.25, -0.2) is 19.4 Å². The van der Waals surface area contributed by atoms with Crippen LogP contribution >= 0.6 is 11.6 Å². The fourth-order valence-corrected chi connectivity index (χ4v) is 4.19. The Bertz CT molecular complexity index is 1810. The maximum absolute atomic E-state index is 13.7. The minimum absolute atomic E-state index is 0.0285. The average molecular weight is 635 g/mol. The number of aromatic carboxylic acids is 1. The van der Waals surface area contributed by atoms with Crippen molar-refractivity contribution >= 4 is 17.6 Å². The second kappa shape index (κ2) is 11.9. The van der Waals surface area contributed by atoms with E-state index < -0.39 is 35.1 Å². The van der Waals surface area contributed by atoms with Gasteiger partial charge in [0.15, 0.2) is 11.5 Å². The smallest absolute Gasteiger partial charge is 0.434 e. The Kier molecular flexibility index (Phi) is 8.19. The molecule has 3 aromatic heterocycles. The summed E-state index contributed by atoms with van der Waals surface area (Å²) in [5.41, 5.74) is -2.23. The van der Waals surface area contributed by atoms with E-state index in [0.29, 0.717) is 39.0 Å². The summed E-state index contributed by atoms with van der Waals surface area (Å²) in [6.07, 6.45) is -8.27. The van der Waals surface area contributed by atoms with Crippen molar-refractivity contribution in [1.82, 2.24) is 19.7 Å². The number of ether oxygens (including phenoxy) is 2. The summed E-state index contributed by atoms with van der Waals surface area (Å²) in [6, 6.07) is 17.2. The highest BCUT2D eigenvalue weighted by atomic mass is 35.5. The minimum atomic E-state index is -5.03. The van der Waals surface area contributed by atoms with Crippen LogP contribution in [0.15, 0.2) is 85.2 Å². The van der Waals surface area contributed by atoms with Gasteiger partial charge < -0.3 is 14.6 Å².